The summed E-state index contributed by atoms with van der Waals surface area (Å²) in [5.41, 5.74) is 0. The minimum absolute atomic E-state index is 0.277. The Kier molecular flexibility index (Phi) is 5.76. The summed E-state index contributed by atoms with van der Waals surface area (Å²) >= 11 is 0. The van der Waals surface area contributed by atoms with Gasteiger partial charge in [-0.2, -0.15) is 0 Å². The van der Waals surface area contributed by atoms with Gasteiger partial charge in [0, 0.05) is 6.42 Å². The van der Waals surface area contributed by atoms with Crippen LogP contribution in [-0.4, -0.2) is 22.6 Å². The molecule has 0 radical (unpaired) electrons. The molecule has 0 aromatic heterocycles. The van der Waals surface area contributed by atoms with Crippen LogP contribution in [-0.2, 0) is 14.4 Å². The molecule has 0 unspecified atom stereocenters. The van der Waals surface area contributed by atoms with Gasteiger partial charge in [-0.3, -0.25) is 9.59 Å². The van der Waals surface area contributed by atoms with Crippen LogP contribution in [0.3, 0.4) is 0 Å². The number of hydrogen-bond acceptors (Lipinski definition) is 3. The first-order chi connectivity index (χ1) is 6.07. The topological polar surface area (TPSA) is 71.4 Å². The molecule has 0 aromatic carbocycles. The number of rotatable bonds is 7. The molecule has 0 saturated heterocycles. The van der Waals surface area contributed by atoms with Crippen LogP contribution in [0.1, 0.15) is 39.0 Å². The second kappa shape index (κ2) is 6.34. The predicted molar refractivity (Wildman–Crippen MR) is 46.4 cm³/mol. The fourth-order valence-corrected chi connectivity index (χ4v) is 0.915. The summed E-state index contributed by atoms with van der Waals surface area (Å²) in [5, 5.41) is 8.20. The van der Waals surface area contributed by atoms with Crippen LogP contribution in [0.15, 0.2) is 0 Å². The number of carbonyl (C=O) groups excluding carboxylic acids is 2. The average molecular weight is 186 g/mol. The maximum Gasteiger partial charge on any atom is 0.372 e. The monoisotopic (exact) mass is 186 g/mol. The minimum atomic E-state index is -1.52. The number of Topliss-reactive ketones (excluding diaryl/α,β-unsaturated/α-hetero) is 2. The number of carboxylic acid groups (broad SMARTS) is 1. The summed E-state index contributed by atoms with van der Waals surface area (Å²) in [7, 11) is 0. The number of carboxylic acids is 1. The molecule has 0 atom stereocenters. The lowest BCUT2D eigenvalue weighted by molar-refractivity contribution is -0.150. The van der Waals surface area contributed by atoms with Crippen LogP contribution in [0.4, 0.5) is 0 Å². The van der Waals surface area contributed by atoms with E-state index in [1.165, 1.54) is 0 Å². The summed E-state index contributed by atoms with van der Waals surface area (Å²) in [6.07, 6.45) is 2.53. The van der Waals surface area contributed by atoms with Crippen LogP contribution in [0.5, 0.6) is 0 Å². The third kappa shape index (κ3) is 6.02. The summed E-state index contributed by atoms with van der Waals surface area (Å²) in [4.78, 5) is 31.6. The van der Waals surface area contributed by atoms with Crippen LogP contribution in [0.2, 0.25) is 0 Å². The Hall–Kier alpha value is -1.19. The fraction of sp³-hybridized carbons (Fsp3) is 0.667. The van der Waals surface area contributed by atoms with Crippen molar-refractivity contribution in [2.45, 2.75) is 39.0 Å². The molecule has 0 amide bonds. The molecular weight excluding hydrogens is 172 g/mol. The number of carbonyl (C=O) groups is 3. The molecule has 0 saturated carbocycles. The Morgan fingerprint density at radius 2 is 1.77 bits per heavy atom. The van der Waals surface area contributed by atoms with E-state index in [0.717, 1.165) is 19.3 Å². The normalized spacial score (nSPS) is 9.62. The van der Waals surface area contributed by atoms with E-state index in [4.69, 9.17) is 5.11 Å². The van der Waals surface area contributed by atoms with E-state index in [1.54, 1.807) is 0 Å². The fourth-order valence-electron chi connectivity index (χ4n) is 0.915. The van der Waals surface area contributed by atoms with Crippen molar-refractivity contribution in [3.05, 3.63) is 0 Å². The number of unbranched alkanes of at least 4 members (excludes halogenated alkanes) is 2. The highest BCUT2D eigenvalue weighted by Gasteiger charge is 2.15. The number of hydrogen-bond donors (Lipinski definition) is 1. The van der Waals surface area contributed by atoms with E-state index in [9.17, 15) is 14.4 Å². The van der Waals surface area contributed by atoms with Crippen molar-refractivity contribution in [1.29, 1.82) is 0 Å². The van der Waals surface area contributed by atoms with Crippen LogP contribution >= 0.6 is 0 Å². The van der Waals surface area contributed by atoms with E-state index >= 15 is 0 Å². The lowest BCUT2D eigenvalue weighted by Crippen LogP contribution is -2.16. The van der Waals surface area contributed by atoms with Gasteiger partial charge >= 0.3 is 5.97 Å². The molecule has 0 fully saturated rings. The van der Waals surface area contributed by atoms with Gasteiger partial charge in [-0.25, -0.2) is 4.79 Å². The molecule has 74 valence electrons. The van der Waals surface area contributed by atoms with Gasteiger partial charge in [0.2, 0.25) is 5.78 Å². The molecule has 4 heteroatoms. The van der Waals surface area contributed by atoms with Gasteiger partial charge < -0.3 is 5.11 Å². The van der Waals surface area contributed by atoms with Crippen LogP contribution in [0.25, 0.3) is 0 Å². The van der Waals surface area contributed by atoms with Crippen molar-refractivity contribution in [3.63, 3.8) is 0 Å². The SMILES string of the molecule is CCCCCC(=O)CC(=O)C(=O)O. The molecule has 0 aliphatic heterocycles. The van der Waals surface area contributed by atoms with E-state index in [0.29, 0.717) is 6.42 Å². The van der Waals surface area contributed by atoms with Crippen molar-refractivity contribution in [3.8, 4) is 0 Å². The highest BCUT2D eigenvalue weighted by Crippen LogP contribution is 2.02. The molecule has 13 heavy (non-hydrogen) atoms. The quantitative estimate of drug-likeness (QED) is 0.368. The molecule has 1 N–H and O–H groups in total. The molecule has 0 rings (SSSR count). The summed E-state index contributed by atoms with van der Waals surface area (Å²) in [6.45, 7) is 2.01. The Balaban J connectivity index is 3.62. The summed E-state index contributed by atoms with van der Waals surface area (Å²) < 4.78 is 0. The standard InChI is InChI=1S/C9H14O4/c1-2-3-4-5-7(10)6-8(11)9(12)13/h2-6H2,1H3,(H,12,13). The first kappa shape index (κ1) is 11.8. The van der Waals surface area contributed by atoms with Crippen LogP contribution < -0.4 is 0 Å². The van der Waals surface area contributed by atoms with E-state index in [1.807, 2.05) is 6.92 Å². The second-order valence-corrected chi connectivity index (χ2v) is 2.90. The first-order valence-electron chi connectivity index (χ1n) is 4.35. The minimum Gasteiger partial charge on any atom is -0.475 e. The maximum absolute atomic E-state index is 10.9. The van der Waals surface area contributed by atoms with Gasteiger partial charge in [-0.1, -0.05) is 19.8 Å². The highest BCUT2D eigenvalue weighted by atomic mass is 16.4. The highest BCUT2D eigenvalue weighted by molar-refractivity contribution is 6.36. The molecule has 0 aliphatic carbocycles. The van der Waals surface area contributed by atoms with Gasteiger partial charge in [0.25, 0.3) is 0 Å². The van der Waals surface area contributed by atoms with Gasteiger partial charge in [0.15, 0.2) is 0 Å². The zero-order valence-corrected chi connectivity index (χ0v) is 7.71. The third-order valence-corrected chi connectivity index (χ3v) is 1.66. The molecule has 0 aliphatic rings. The zero-order chi connectivity index (χ0) is 10.3. The Morgan fingerprint density at radius 3 is 2.23 bits per heavy atom. The van der Waals surface area contributed by atoms with Gasteiger partial charge in [0.05, 0.1) is 6.42 Å². The van der Waals surface area contributed by atoms with Gasteiger partial charge in [-0.05, 0) is 6.42 Å². The average Bonchev–Trinajstić information content (AvgIpc) is 2.04. The van der Waals surface area contributed by atoms with Crippen molar-refractivity contribution in [2.75, 3.05) is 0 Å². The van der Waals surface area contributed by atoms with Crippen LogP contribution in [0, 0.1) is 0 Å². The van der Waals surface area contributed by atoms with Crippen molar-refractivity contribution in [2.24, 2.45) is 0 Å². The largest absolute Gasteiger partial charge is 0.475 e. The Bertz CT molecular complexity index is 208. The lowest BCUT2D eigenvalue weighted by atomic mass is 10.1. The zero-order valence-electron chi connectivity index (χ0n) is 7.71. The molecule has 0 spiro atoms. The van der Waals surface area contributed by atoms with Gasteiger partial charge in [0.1, 0.15) is 5.78 Å². The Morgan fingerprint density at radius 1 is 1.15 bits per heavy atom. The molecule has 0 bridgehead atoms. The smallest absolute Gasteiger partial charge is 0.372 e. The number of aliphatic carboxylic acids is 1. The van der Waals surface area contributed by atoms with Gasteiger partial charge in [-0.15, -0.1) is 0 Å². The molecule has 4 nitrogen and oxygen atoms in total. The molecule has 0 aromatic rings. The summed E-state index contributed by atoms with van der Waals surface area (Å²) in [6, 6.07) is 0. The van der Waals surface area contributed by atoms with Crippen molar-refractivity contribution >= 4 is 17.5 Å². The third-order valence-electron chi connectivity index (χ3n) is 1.66. The van der Waals surface area contributed by atoms with E-state index < -0.39 is 18.2 Å². The predicted octanol–water partition coefficient (Wildman–Crippen LogP) is 1.18. The number of ketones is 2. The Labute approximate surface area is 76.9 Å². The first-order valence-corrected chi connectivity index (χ1v) is 4.35. The van der Waals surface area contributed by atoms with E-state index in [-0.39, 0.29) is 5.78 Å². The van der Waals surface area contributed by atoms with Crippen molar-refractivity contribution < 1.29 is 19.5 Å². The van der Waals surface area contributed by atoms with E-state index in [2.05, 4.69) is 0 Å². The summed E-state index contributed by atoms with van der Waals surface area (Å²) in [5.74, 6) is -2.81. The van der Waals surface area contributed by atoms with Crippen molar-refractivity contribution in [1.82, 2.24) is 0 Å². The second-order valence-electron chi connectivity index (χ2n) is 2.90. The lowest BCUT2D eigenvalue weighted by Gasteiger charge is -1.96. The molecular formula is C9H14O4. The maximum atomic E-state index is 10.9. The molecule has 0 heterocycles.